The van der Waals surface area contributed by atoms with Gasteiger partial charge in [0.05, 0.1) is 0 Å². The molecule has 1 N–H and O–H groups in total. The van der Waals surface area contributed by atoms with E-state index in [1.54, 1.807) is 18.3 Å². The average molecular weight is 107 g/mol. The van der Waals surface area contributed by atoms with Gasteiger partial charge in [-0.05, 0) is 12.1 Å². The summed E-state index contributed by atoms with van der Waals surface area (Å²) in [6.07, 6.45) is 2.74. The molecule has 3 nitrogen and oxygen atoms in total. The lowest BCUT2D eigenvalue weighted by Crippen LogP contribution is -1.86. The first-order valence-corrected chi connectivity index (χ1v) is 2.21. The van der Waals surface area contributed by atoms with E-state index in [0.29, 0.717) is 5.69 Å². The molecular weight excluding hydrogens is 102 g/mol. The van der Waals surface area contributed by atoms with Gasteiger partial charge in [-0.3, -0.25) is 0 Å². The Morgan fingerprint density at radius 2 is 2.50 bits per heavy atom. The standard InChI is InChI=1S/C5H5N3/c6-4-5-2-1-3-7-8-5/h1-4,6H. The van der Waals surface area contributed by atoms with Crippen molar-refractivity contribution >= 4 is 6.21 Å². The fraction of sp³-hybridized carbons (Fsp3) is 0. The van der Waals surface area contributed by atoms with Gasteiger partial charge >= 0.3 is 0 Å². The van der Waals surface area contributed by atoms with Gasteiger partial charge in [0.15, 0.2) is 0 Å². The third kappa shape index (κ3) is 0.872. The first kappa shape index (κ1) is 4.90. The zero-order valence-electron chi connectivity index (χ0n) is 4.20. The predicted octanol–water partition coefficient (Wildman–Crippen LogP) is 0.474. The fourth-order valence-electron chi connectivity index (χ4n) is 0.390. The largest absolute Gasteiger partial charge is 0.306 e. The highest BCUT2D eigenvalue weighted by Gasteiger charge is 1.80. The van der Waals surface area contributed by atoms with Crippen LogP contribution in [0.5, 0.6) is 0 Å². The zero-order chi connectivity index (χ0) is 5.82. The van der Waals surface area contributed by atoms with Gasteiger partial charge in [0.1, 0.15) is 5.69 Å². The molecule has 0 fully saturated rings. The Bertz CT molecular complexity index is 170. The number of aromatic nitrogens is 2. The Labute approximate surface area is 46.9 Å². The molecule has 0 unspecified atom stereocenters. The molecule has 3 heteroatoms. The van der Waals surface area contributed by atoms with Crippen LogP contribution in [0.2, 0.25) is 0 Å². The van der Waals surface area contributed by atoms with Crippen molar-refractivity contribution in [3.8, 4) is 0 Å². The van der Waals surface area contributed by atoms with Crippen LogP contribution in [0.25, 0.3) is 0 Å². The quantitative estimate of drug-likeness (QED) is 0.530. The molecule has 0 radical (unpaired) electrons. The molecule has 0 aliphatic heterocycles. The summed E-state index contributed by atoms with van der Waals surface area (Å²) in [4.78, 5) is 0. The maximum absolute atomic E-state index is 6.72. The highest BCUT2D eigenvalue weighted by Crippen LogP contribution is 1.81. The first-order chi connectivity index (χ1) is 3.93. The van der Waals surface area contributed by atoms with E-state index in [9.17, 15) is 0 Å². The minimum absolute atomic E-state index is 0.590. The van der Waals surface area contributed by atoms with Crippen molar-refractivity contribution in [3.63, 3.8) is 0 Å². The smallest absolute Gasteiger partial charge is 0.103 e. The summed E-state index contributed by atoms with van der Waals surface area (Å²) < 4.78 is 0. The molecule has 0 aliphatic rings. The van der Waals surface area contributed by atoms with Crippen LogP contribution in [0.4, 0.5) is 0 Å². The topological polar surface area (TPSA) is 49.6 Å². The summed E-state index contributed by atoms with van der Waals surface area (Å²) in [5.41, 5.74) is 0.590. The second-order valence-electron chi connectivity index (χ2n) is 1.29. The lowest BCUT2D eigenvalue weighted by Gasteiger charge is -1.81. The molecule has 0 bridgehead atoms. The Balaban J connectivity index is 2.99. The van der Waals surface area contributed by atoms with Crippen molar-refractivity contribution in [1.29, 1.82) is 5.41 Å². The van der Waals surface area contributed by atoms with E-state index in [4.69, 9.17) is 5.41 Å². The summed E-state index contributed by atoms with van der Waals surface area (Å²) in [6, 6.07) is 3.47. The van der Waals surface area contributed by atoms with Crippen molar-refractivity contribution in [2.24, 2.45) is 0 Å². The van der Waals surface area contributed by atoms with Gasteiger partial charge in [-0.25, -0.2) is 0 Å². The van der Waals surface area contributed by atoms with Crippen molar-refractivity contribution in [2.75, 3.05) is 0 Å². The summed E-state index contributed by atoms with van der Waals surface area (Å²) in [5.74, 6) is 0. The molecule has 1 heterocycles. The molecule has 0 saturated carbocycles. The molecule has 0 atom stereocenters. The van der Waals surface area contributed by atoms with E-state index in [2.05, 4.69) is 10.2 Å². The third-order valence-electron chi connectivity index (χ3n) is 0.741. The molecule has 0 saturated heterocycles. The van der Waals surface area contributed by atoms with Crippen LogP contribution in [0.3, 0.4) is 0 Å². The Morgan fingerprint density at radius 1 is 1.62 bits per heavy atom. The fourth-order valence-corrected chi connectivity index (χ4v) is 0.390. The van der Waals surface area contributed by atoms with E-state index in [-0.39, 0.29) is 0 Å². The van der Waals surface area contributed by atoms with E-state index < -0.39 is 0 Å². The van der Waals surface area contributed by atoms with Crippen molar-refractivity contribution in [1.82, 2.24) is 10.2 Å². The van der Waals surface area contributed by atoms with Gasteiger partial charge in [0, 0.05) is 12.4 Å². The number of hydrogen-bond acceptors (Lipinski definition) is 3. The van der Waals surface area contributed by atoms with Crippen LogP contribution < -0.4 is 0 Å². The van der Waals surface area contributed by atoms with Crippen LogP contribution in [0.15, 0.2) is 18.3 Å². The van der Waals surface area contributed by atoms with Gasteiger partial charge in [-0.2, -0.15) is 5.10 Å². The molecule has 8 heavy (non-hydrogen) atoms. The maximum Gasteiger partial charge on any atom is 0.103 e. The number of hydrogen-bond donors (Lipinski definition) is 1. The predicted molar refractivity (Wildman–Crippen MR) is 29.9 cm³/mol. The summed E-state index contributed by atoms with van der Waals surface area (Å²) in [6.45, 7) is 0. The van der Waals surface area contributed by atoms with E-state index in [0.717, 1.165) is 6.21 Å². The summed E-state index contributed by atoms with van der Waals surface area (Å²) in [7, 11) is 0. The molecule has 0 aliphatic carbocycles. The highest BCUT2D eigenvalue weighted by atomic mass is 15.1. The van der Waals surface area contributed by atoms with E-state index in [1.807, 2.05) is 0 Å². The van der Waals surface area contributed by atoms with Crippen LogP contribution in [0, 0.1) is 5.41 Å². The van der Waals surface area contributed by atoms with Crippen molar-refractivity contribution in [2.45, 2.75) is 0 Å². The highest BCUT2D eigenvalue weighted by molar-refractivity contribution is 5.73. The van der Waals surface area contributed by atoms with Gasteiger partial charge in [0.25, 0.3) is 0 Å². The first-order valence-electron chi connectivity index (χ1n) is 2.21. The Hall–Kier alpha value is -1.25. The minimum Gasteiger partial charge on any atom is -0.306 e. The van der Waals surface area contributed by atoms with Gasteiger partial charge in [-0.15, -0.1) is 5.10 Å². The monoisotopic (exact) mass is 107 g/mol. The van der Waals surface area contributed by atoms with Crippen LogP contribution >= 0.6 is 0 Å². The molecule has 0 amide bonds. The van der Waals surface area contributed by atoms with Gasteiger partial charge in [-0.1, -0.05) is 0 Å². The van der Waals surface area contributed by atoms with E-state index in [1.165, 1.54) is 0 Å². The van der Waals surface area contributed by atoms with Crippen LogP contribution in [0.1, 0.15) is 5.69 Å². The zero-order valence-corrected chi connectivity index (χ0v) is 4.20. The third-order valence-corrected chi connectivity index (χ3v) is 0.741. The van der Waals surface area contributed by atoms with Gasteiger partial charge < -0.3 is 5.41 Å². The molecule has 0 aromatic carbocycles. The molecular formula is C5H5N3. The Kier molecular flexibility index (Phi) is 1.32. The van der Waals surface area contributed by atoms with Crippen LogP contribution in [-0.4, -0.2) is 16.4 Å². The van der Waals surface area contributed by atoms with Crippen molar-refractivity contribution in [3.05, 3.63) is 24.0 Å². The number of nitrogens with one attached hydrogen (secondary N) is 1. The molecule has 1 aromatic rings. The van der Waals surface area contributed by atoms with Crippen molar-refractivity contribution < 1.29 is 0 Å². The normalized spacial score (nSPS) is 8.50. The average Bonchev–Trinajstić information content (AvgIpc) is 1.90. The molecule has 0 spiro atoms. The maximum atomic E-state index is 6.72. The lowest BCUT2D eigenvalue weighted by atomic mass is 10.4. The van der Waals surface area contributed by atoms with Crippen LogP contribution in [-0.2, 0) is 0 Å². The Morgan fingerprint density at radius 3 is 2.88 bits per heavy atom. The second kappa shape index (κ2) is 2.16. The number of nitrogens with zero attached hydrogens (tertiary/aromatic N) is 2. The minimum atomic E-state index is 0.590. The number of rotatable bonds is 1. The van der Waals surface area contributed by atoms with Gasteiger partial charge in [0.2, 0.25) is 0 Å². The molecule has 1 rings (SSSR count). The summed E-state index contributed by atoms with van der Waals surface area (Å²) in [5, 5.41) is 13.9. The van der Waals surface area contributed by atoms with E-state index >= 15 is 0 Å². The molecule has 40 valence electrons. The summed E-state index contributed by atoms with van der Waals surface area (Å²) >= 11 is 0. The second-order valence-corrected chi connectivity index (χ2v) is 1.29. The molecule has 1 aromatic heterocycles. The lowest BCUT2D eigenvalue weighted by molar-refractivity contribution is 1.02. The SMILES string of the molecule is N=Cc1cccnn1.